The number of benzene rings is 1. The van der Waals surface area contributed by atoms with Gasteiger partial charge in [0.25, 0.3) is 5.91 Å². The zero-order valence-electron chi connectivity index (χ0n) is 9.80. The molecule has 1 aromatic carbocycles. The number of hydrogen-bond acceptors (Lipinski definition) is 2. The van der Waals surface area contributed by atoms with Crippen molar-refractivity contribution in [1.29, 1.82) is 0 Å². The second kappa shape index (κ2) is 4.80. The summed E-state index contributed by atoms with van der Waals surface area (Å²) < 4.78 is 51.1. The van der Waals surface area contributed by atoms with E-state index in [2.05, 4.69) is 5.32 Å². The highest BCUT2D eigenvalue weighted by Gasteiger charge is 2.36. The average molecular weight is 276 g/mol. The van der Waals surface area contributed by atoms with Gasteiger partial charge in [-0.3, -0.25) is 4.79 Å². The molecule has 2 rings (SSSR count). The summed E-state index contributed by atoms with van der Waals surface area (Å²) >= 11 is 0. The van der Waals surface area contributed by atoms with Crippen LogP contribution in [0.15, 0.2) is 18.2 Å². The number of amides is 1. The zero-order chi connectivity index (χ0) is 14.2. The van der Waals surface area contributed by atoms with Crippen LogP contribution in [0.4, 0.5) is 17.6 Å². The van der Waals surface area contributed by atoms with E-state index < -0.39 is 29.0 Å². The van der Waals surface area contributed by atoms with Crippen LogP contribution < -0.4 is 11.1 Å². The van der Waals surface area contributed by atoms with Crippen molar-refractivity contribution >= 4 is 5.91 Å². The molecule has 7 heteroatoms. The number of carbonyl (C=O) groups excluding carboxylic acids is 1. The third-order valence-electron chi connectivity index (χ3n) is 3.06. The fourth-order valence-electron chi connectivity index (χ4n) is 1.97. The summed E-state index contributed by atoms with van der Waals surface area (Å²) in [5.41, 5.74) is 3.48. The Morgan fingerprint density at radius 3 is 2.47 bits per heavy atom. The van der Waals surface area contributed by atoms with E-state index >= 15 is 0 Å². The third kappa shape index (κ3) is 2.86. The van der Waals surface area contributed by atoms with Crippen molar-refractivity contribution in [3.05, 3.63) is 35.1 Å². The van der Waals surface area contributed by atoms with Crippen LogP contribution in [0.5, 0.6) is 0 Å². The first-order valence-corrected chi connectivity index (χ1v) is 5.71. The predicted octanol–water partition coefficient (Wildman–Crippen LogP) is 2.06. The van der Waals surface area contributed by atoms with Crippen molar-refractivity contribution in [1.82, 2.24) is 5.32 Å². The highest BCUT2D eigenvalue weighted by molar-refractivity contribution is 5.95. The second-order valence-corrected chi connectivity index (χ2v) is 4.57. The minimum Gasteiger partial charge on any atom is -0.349 e. The van der Waals surface area contributed by atoms with Crippen LogP contribution in [-0.2, 0) is 6.18 Å². The normalized spacial score (nSPS) is 22.8. The Morgan fingerprint density at radius 1 is 1.32 bits per heavy atom. The van der Waals surface area contributed by atoms with Gasteiger partial charge >= 0.3 is 6.18 Å². The fourth-order valence-corrected chi connectivity index (χ4v) is 1.97. The minimum absolute atomic E-state index is 0.0170. The number of nitrogens with two attached hydrogens (primary N) is 1. The number of carbonyl (C=O) groups is 1. The fraction of sp³-hybridized carbons (Fsp3) is 0.417. The molecule has 0 bridgehead atoms. The van der Waals surface area contributed by atoms with Gasteiger partial charge in [-0.15, -0.1) is 0 Å². The summed E-state index contributed by atoms with van der Waals surface area (Å²) in [5, 5.41) is 2.46. The van der Waals surface area contributed by atoms with Gasteiger partial charge in [-0.2, -0.15) is 13.2 Å². The second-order valence-electron chi connectivity index (χ2n) is 4.57. The molecule has 0 spiro atoms. The van der Waals surface area contributed by atoms with Gasteiger partial charge in [0.1, 0.15) is 5.82 Å². The molecule has 0 radical (unpaired) electrons. The molecule has 1 amide bonds. The van der Waals surface area contributed by atoms with Crippen molar-refractivity contribution in [3.8, 4) is 0 Å². The van der Waals surface area contributed by atoms with E-state index in [0.717, 1.165) is 12.1 Å². The van der Waals surface area contributed by atoms with Crippen molar-refractivity contribution in [3.63, 3.8) is 0 Å². The Labute approximate surface area is 106 Å². The number of hydrogen-bond donors (Lipinski definition) is 2. The smallest absolute Gasteiger partial charge is 0.349 e. The van der Waals surface area contributed by atoms with Gasteiger partial charge in [-0.05, 0) is 25.0 Å². The van der Waals surface area contributed by atoms with Crippen molar-refractivity contribution in [2.24, 2.45) is 5.73 Å². The van der Waals surface area contributed by atoms with Gasteiger partial charge in [0.2, 0.25) is 0 Å². The SMILES string of the molecule is NC1CC(NC(=O)c2cccc(C(F)(F)F)c2F)C1. The first-order chi connectivity index (χ1) is 8.79. The van der Waals surface area contributed by atoms with Gasteiger partial charge in [0, 0.05) is 12.1 Å². The molecule has 1 aliphatic carbocycles. The van der Waals surface area contributed by atoms with Gasteiger partial charge < -0.3 is 11.1 Å². The van der Waals surface area contributed by atoms with E-state index in [1.54, 1.807) is 0 Å². The molecule has 0 aromatic heterocycles. The molecule has 1 fully saturated rings. The minimum atomic E-state index is -4.82. The van der Waals surface area contributed by atoms with E-state index in [1.165, 1.54) is 0 Å². The number of rotatable bonds is 2. The summed E-state index contributed by atoms with van der Waals surface area (Å²) in [6.07, 6.45) is -3.72. The summed E-state index contributed by atoms with van der Waals surface area (Å²) in [4.78, 5) is 11.7. The van der Waals surface area contributed by atoms with E-state index in [-0.39, 0.29) is 12.1 Å². The van der Waals surface area contributed by atoms with Crippen LogP contribution in [-0.4, -0.2) is 18.0 Å². The zero-order valence-corrected chi connectivity index (χ0v) is 9.80. The topological polar surface area (TPSA) is 55.1 Å². The summed E-state index contributed by atoms with van der Waals surface area (Å²) in [7, 11) is 0. The largest absolute Gasteiger partial charge is 0.419 e. The summed E-state index contributed by atoms with van der Waals surface area (Å²) in [6, 6.07) is 2.42. The van der Waals surface area contributed by atoms with Gasteiger partial charge in [0.15, 0.2) is 0 Å². The molecule has 104 valence electrons. The molecule has 1 aliphatic rings. The van der Waals surface area contributed by atoms with Crippen LogP contribution in [0.25, 0.3) is 0 Å². The lowest BCUT2D eigenvalue weighted by molar-refractivity contribution is -0.140. The lowest BCUT2D eigenvalue weighted by atomic mass is 9.87. The van der Waals surface area contributed by atoms with Crippen LogP contribution in [0.2, 0.25) is 0 Å². The average Bonchev–Trinajstić information content (AvgIpc) is 2.25. The van der Waals surface area contributed by atoms with Crippen molar-refractivity contribution in [2.75, 3.05) is 0 Å². The van der Waals surface area contributed by atoms with E-state index in [0.29, 0.717) is 18.9 Å². The van der Waals surface area contributed by atoms with Crippen molar-refractivity contribution < 1.29 is 22.4 Å². The highest BCUT2D eigenvalue weighted by atomic mass is 19.4. The van der Waals surface area contributed by atoms with Gasteiger partial charge in [0.05, 0.1) is 11.1 Å². The van der Waals surface area contributed by atoms with Crippen LogP contribution in [0.1, 0.15) is 28.8 Å². The molecular formula is C12H12F4N2O. The molecule has 0 unspecified atom stereocenters. The number of halogens is 4. The quantitative estimate of drug-likeness (QED) is 0.812. The van der Waals surface area contributed by atoms with Crippen LogP contribution >= 0.6 is 0 Å². The van der Waals surface area contributed by atoms with Crippen LogP contribution in [0, 0.1) is 5.82 Å². The number of alkyl halides is 3. The maximum atomic E-state index is 13.7. The Morgan fingerprint density at radius 2 is 1.95 bits per heavy atom. The molecule has 19 heavy (non-hydrogen) atoms. The summed E-state index contributed by atoms with van der Waals surface area (Å²) in [5.74, 6) is -2.39. The molecule has 0 atom stereocenters. The van der Waals surface area contributed by atoms with E-state index in [4.69, 9.17) is 5.73 Å². The number of nitrogens with one attached hydrogen (secondary N) is 1. The Hall–Kier alpha value is -1.63. The molecule has 3 nitrogen and oxygen atoms in total. The summed E-state index contributed by atoms with van der Waals surface area (Å²) in [6.45, 7) is 0. The molecule has 1 aromatic rings. The van der Waals surface area contributed by atoms with Crippen molar-refractivity contribution in [2.45, 2.75) is 31.1 Å². The molecule has 0 saturated heterocycles. The molecule has 0 heterocycles. The highest BCUT2D eigenvalue weighted by Crippen LogP contribution is 2.32. The van der Waals surface area contributed by atoms with Crippen LogP contribution in [0.3, 0.4) is 0 Å². The third-order valence-corrected chi connectivity index (χ3v) is 3.06. The standard InChI is InChI=1S/C12H12F4N2O/c13-10-8(2-1-3-9(10)12(14,15)16)11(19)18-7-4-6(17)5-7/h1-3,6-7H,4-5,17H2,(H,18,19). The lowest BCUT2D eigenvalue weighted by Crippen LogP contribution is -2.50. The Bertz CT molecular complexity index is 495. The Balaban J connectivity index is 2.18. The first kappa shape index (κ1) is 13.8. The maximum absolute atomic E-state index is 13.7. The Kier molecular flexibility index (Phi) is 3.49. The molecule has 3 N–H and O–H groups in total. The molecule has 0 aliphatic heterocycles. The molecule has 1 saturated carbocycles. The lowest BCUT2D eigenvalue weighted by Gasteiger charge is -2.33. The van der Waals surface area contributed by atoms with Gasteiger partial charge in [-0.25, -0.2) is 4.39 Å². The maximum Gasteiger partial charge on any atom is 0.419 e. The van der Waals surface area contributed by atoms with Gasteiger partial charge in [-0.1, -0.05) is 6.07 Å². The first-order valence-electron chi connectivity index (χ1n) is 5.71. The van der Waals surface area contributed by atoms with E-state index in [1.807, 2.05) is 0 Å². The van der Waals surface area contributed by atoms with E-state index in [9.17, 15) is 22.4 Å². The molecular weight excluding hydrogens is 264 g/mol. The predicted molar refractivity (Wildman–Crippen MR) is 59.9 cm³/mol. The monoisotopic (exact) mass is 276 g/mol.